The van der Waals surface area contributed by atoms with Crippen LogP contribution in [0.25, 0.3) is 10.8 Å². The number of carbonyl (C=O) groups excluding carboxylic acids is 3. The molecule has 0 saturated carbocycles. The molecule has 6 rings (SSSR count). The van der Waals surface area contributed by atoms with Gasteiger partial charge in [-0.3, -0.25) is 18.9 Å². The number of carbonyl (C=O) groups is 4. The molecule has 4 aromatic rings. The van der Waals surface area contributed by atoms with Crippen molar-refractivity contribution in [3.8, 4) is 6.07 Å². The van der Waals surface area contributed by atoms with E-state index in [1.54, 1.807) is 4.90 Å². The predicted molar refractivity (Wildman–Crippen MR) is 192 cm³/mol. The van der Waals surface area contributed by atoms with Gasteiger partial charge in [-0.15, -0.1) is 0 Å². The highest BCUT2D eigenvalue weighted by Crippen LogP contribution is 2.50. The third kappa shape index (κ3) is 7.48. The van der Waals surface area contributed by atoms with Gasteiger partial charge >= 0.3 is 12.1 Å². The SMILES string of the molecule is N#CC1=C(C(F)(F)F)/C(=C/C=C2\Sc3c(ccc4ccccc34)N2CCCC(=O)Nc2ccc(S(=O)(=O)O)cc2)C(=O)N(c2ccc(C(=O)O)cc2)C1=O. The number of imide groups is 1. The topological polar surface area (TPSA) is 185 Å². The summed E-state index contributed by atoms with van der Waals surface area (Å²) < 4.78 is 75.4. The van der Waals surface area contributed by atoms with E-state index in [1.807, 2.05) is 36.4 Å². The summed E-state index contributed by atoms with van der Waals surface area (Å²) in [6.07, 6.45) is -2.93. The normalized spacial score (nSPS) is 16.3. The number of rotatable bonds is 9. The Morgan fingerprint density at radius 1 is 0.926 bits per heavy atom. The van der Waals surface area contributed by atoms with Crippen LogP contribution < -0.4 is 15.1 Å². The summed E-state index contributed by atoms with van der Waals surface area (Å²) in [7, 11) is -4.42. The van der Waals surface area contributed by atoms with Crippen LogP contribution in [0.3, 0.4) is 0 Å². The summed E-state index contributed by atoms with van der Waals surface area (Å²) in [6, 6.07) is 21.5. The number of nitriles is 1. The number of aromatic carboxylic acids is 1. The number of carboxylic acid groups (broad SMARTS) is 1. The minimum absolute atomic E-state index is 0.0266. The largest absolute Gasteiger partial charge is 0.478 e. The van der Waals surface area contributed by atoms with Crippen LogP contribution in [0.4, 0.5) is 30.2 Å². The van der Waals surface area contributed by atoms with Gasteiger partial charge in [0.05, 0.1) is 38.0 Å². The number of halogens is 3. The van der Waals surface area contributed by atoms with Gasteiger partial charge in [-0.2, -0.15) is 26.9 Å². The molecule has 274 valence electrons. The molecule has 0 fully saturated rings. The fraction of sp³-hybridized carbons (Fsp3) is 0.108. The Morgan fingerprint density at radius 2 is 1.61 bits per heavy atom. The first-order valence-electron chi connectivity index (χ1n) is 15.8. The van der Waals surface area contributed by atoms with E-state index in [0.29, 0.717) is 15.6 Å². The van der Waals surface area contributed by atoms with E-state index in [2.05, 4.69) is 5.32 Å². The van der Waals surface area contributed by atoms with Crippen molar-refractivity contribution in [3.05, 3.63) is 124 Å². The first-order valence-corrected chi connectivity index (χ1v) is 18.0. The lowest BCUT2D eigenvalue weighted by Crippen LogP contribution is -2.45. The number of allylic oxidation sites excluding steroid dienone is 2. The zero-order valence-corrected chi connectivity index (χ0v) is 29.1. The van der Waals surface area contributed by atoms with Crippen molar-refractivity contribution in [1.82, 2.24) is 0 Å². The molecule has 54 heavy (non-hydrogen) atoms. The van der Waals surface area contributed by atoms with Gasteiger partial charge in [-0.1, -0.05) is 42.1 Å². The molecule has 0 radical (unpaired) electrons. The number of hydrogen-bond acceptors (Lipinski definition) is 9. The van der Waals surface area contributed by atoms with Crippen molar-refractivity contribution in [2.24, 2.45) is 0 Å². The van der Waals surface area contributed by atoms with Crippen LogP contribution in [0, 0.1) is 11.3 Å². The number of nitrogens with zero attached hydrogens (tertiary/aromatic N) is 3. The van der Waals surface area contributed by atoms with E-state index >= 15 is 0 Å². The summed E-state index contributed by atoms with van der Waals surface area (Å²) in [6.45, 7) is 0.183. The van der Waals surface area contributed by atoms with Gasteiger partial charge in [0, 0.05) is 23.5 Å². The zero-order chi connectivity index (χ0) is 38.9. The minimum atomic E-state index is -5.29. The molecule has 2 aliphatic rings. The van der Waals surface area contributed by atoms with Crippen LogP contribution in [0.5, 0.6) is 0 Å². The number of benzene rings is 4. The molecule has 12 nitrogen and oxygen atoms in total. The highest BCUT2D eigenvalue weighted by Gasteiger charge is 2.49. The molecular weight excluding hydrogens is 750 g/mol. The summed E-state index contributed by atoms with van der Waals surface area (Å²) in [4.78, 5) is 53.7. The van der Waals surface area contributed by atoms with Crippen molar-refractivity contribution in [2.45, 2.75) is 28.8 Å². The predicted octanol–water partition coefficient (Wildman–Crippen LogP) is 6.84. The van der Waals surface area contributed by atoms with Crippen LogP contribution >= 0.6 is 11.8 Å². The molecular formula is C37H25F3N4O8S2. The fourth-order valence-corrected chi connectivity index (χ4v) is 7.59. The molecule has 4 aromatic carbocycles. The first-order chi connectivity index (χ1) is 25.6. The zero-order valence-electron chi connectivity index (χ0n) is 27.5. The quantitative estimate of drug-likeness (QED) is 0.0919. The van der Waals surface area contributed by atoms with Gasteiger partial charge in [0.1, 0.15) is 11.6 Å². The van der Waals surface area contributed by atoms with Crippen molar-refractivity contribution in [1.29, 1.82) is 5.26 Å². The summed E-state index contributed by atoms with van der Waals surface area (Å²) in [5.74, 6) is -4.65. The second-order valence-electron chi connectivity index (χ2n) is 11.8. The van der Waals surface area contributed by atoms with Gasteiger partial charge < -0.3 is 15.3 Å². The average Bonchev–Trinajstić information content (AvgIpc) is 3.48. The van der Waals surface area contributed by atoms with E-state index in [0.717, 1.165) is 58.1 Å². The monoisotopic (exact) mass is 774 g/mol. The van der Waals surface area contributed by atoms with Gasteiger partial charge in [-0.05, 0) is 83.9 Å². The summed E-state index contributed by atoms with van der Waals surface area (Å²) in [5.41, 5.74) is -3.52. The van der Waals surface area contributed by atoms with E-state index in [4.69, 9.17) is 0 Å². The Morgan fingerprint density at radius 3 is 2.24 bits per heavy atom. The lowest BCUT2D eigenvalue weighted by atomic mass is 9.92. The molecule has 2 heterocycles. The van der Waals surface area contributed by atoms with Crippen molar-refractivity contribution in [3.63, 3.8) is 0 Å². The molecule has 0 saturated heterocycles. The highest BCUT2D eigenvalue weighted by atomic mass is 32.2. The molecule has 3 N–H and O–H groups in total. The van der Waals surface area contributed by atoms with E-state index in [9.17, 15) is 55.7 Å². The molecule has 0 bridgehead atoms. The maximum absolute atomic E-state index is 14.5. The molecule has 0 unspecified atom stereocenters. The van der Waals surface area contributed by atoms with E-state index in [1.165, 1.54) is 36.0 Å². The second kappa shape index (κ2) is 14.7. The third-order valence-corrected chi connectivity index (χ3v) is 10.4. The molecule has 0 atom stereocenters. The average molecular weight is 775 g/mol. The number of alkyl halides is 3. The van der Waals surface area contributed by atoms with Crippen LogP contribution in [0.15, 0.2) is 129 Å². The Labute approximate surface area is 309 Å². The standard InChI is InChI=1S/C37H25F3N4O8S2/c38-37(39,40)32-27(34(46)44(35(47)28(32)20-41)24-12-7-22(8-13-24)36(48)49)16-18-31-43(29-17-9-21-4-1-2-5-26(21)33(29)53-31)19-3-6-30(45)42-23-10-14-25(15-11-23)54(50,51)52/h1-2,4-5,7-18H,3,6,19H2,(H,42,45)(H,48,49)(H,50,51,52)/b27-16-,31-18-. The van der Waals surface area contributed by atoms with Crippen molar-refractivity contribution in [2.75, 3.05) is 21.7 Å². The van der Waals surface area contributed by atoms with Crippen molar-refractivity contribution < 1.29 is 50.4 Å². The van der Waals surface area contributed by atoms with Gasteiger partial charge in [0.15, 0.2) is 0 Å². The lowest BCUT2D eigenvalue weighted by Gasteiger charge is -2.29. The molecule has 0 aromatic heterocycles. The maximum atomic E-state index is 14.5. The molecule has 3 amide bonds. The summed E-state index contributed by atoms with van der Waals surface area (Å²) >= 11 is 1.21. The smallest absolute Gasteiger partial charge is 0.418 e. The van der Waals surface area contributed by atoms with Crippen LogP contribution in [-0.2, 0) is 24.5 Å². The number of fused-ring (bicyclic) bond motifs is 3. The minimum Gasteiger partial charge on any atom is -0.478 e. The Hall–Kier alpha value is -6.22. The van der Waals surface area contributed by atoms with Gasteiger partial charge in [0.25, 0.3) is 21.9 Å². The van der Waals surface area contributed by atoms with Gasteiger partial charge in [0.2, 0.25) is 5.91 Å². The summed E-state index contributed by atoms with van der Waals surface area (Å²) in [5, 5.41) is 23.7. The molecule has 0 spiro atoms. The number of amides is 3. The lowest BCUT2D eigenvalue weighted by molar-refractivity contribution is -0.126. The first kappa shape index (κ1) is 37.5. The Balaban J connectivity index is 1.34. The van der Waals surface area contributed by atoms with E-state index < -0.39 is 56.7 Å². The maximum Gasteiger partial charge on any atom is 0.418 e. The second-order valence-corrected chi connectivity index (χ2v) is 14.2. The molecule has 2 aliphatic heterocycles. The number of thioether (sulfide) groups is 1. The third-order valence-electron chi connectivity index (χ3n) is 8.37. The van der Waals surface area contributed by atoms with Gasteiger partial charge in [-0.25, -0.2) is 9.69 Å². The Kier molecular flexibility index (Phi) is 10.2. The van der Waals surface area contributed by atoms with Crippen LogP contribution in [0.2, 0.25) is 0 Å². The Bertz CT molecular complexity index is 2490. The van der Waals surface area contributed by atoms with Crippen LogP contribution in [-0.4, -0.2) is 54.5 Å². The fourth-order valence-electron chi connectivity index (χ4n) is 5.88. The highest BCUT2D eigenvalue weighted by molar-refractivity contribution is 8.04. The van der Waals surface area contributed by atoms with E-state index in [-0.39, 0.29) is 41.2 Å². The number of carboxylic acids is 1. The number of hydrogen-bond donors (Lipinski definition) is 3. The van der Waals surface area contributed by atoms with Crippen molar-refractivity contribution >= 4 is 73.4 Å². The number of nitrogens with one attached hydrogen (secondary N) is 1. The molecule has 0 aliphatic carbocycles. The molecule has 17 heteroatoms. The van der Waals surface area contributed by atoms with Crippen LogP contribution in [0.1, 0.15) is 23.2 Å². The number of anilines is 3.